The number of carbonyl (C=O) groups is 1. The van der Waals surface area contributed by atoms with Crippen LogP contribution in [0, 0.1) is 6.92 Å². The molecule has 0 aliphatic heterocycles. The predicted molar refractivity (Wildman–Crippen MR) is 148 cm³/mol. The second-order valence-corrected chi connectivity index (χ2v) is 8.97. The standard InChI is InChI=1S/C28H25ClF3N5O4/c1-4-40-24-11-18(13-34-26(24)41-15-17-5-8-20(39-3)9-6-17)25-33-14-23(16(2)35-25)37-27(38)36-19-7-10-22(29)21(12-19)28(30,31)32/h5-14H,4,15H2,1-3H3,(H2,36,37,38). The van der Waals surface area contributed by atoms with Crippen LogP contribution in [-0.2, 0) is 12.8 Å². The van der Waals surface area contributed by atoms with Gasteiger partial charge in [-0.1, -0.05) is 23.7 Å². The highest BCUT2D eigenvalue weighted by Crippen LogP contribution is 2.36. The molecule has 2 N–H and O–H groups in total. The first kappa shape index (κ1) is 29.4. The van der Waals surface area contributed by atoms with E-state index in [4.69, 9.17) is 25.8 Å². The number of alkyl halides is 3. The molecule has 0 spiro atoms. The Bertz CT molecular complexity index is 1530. The largest absolute Gasteiger partial charge is 0.497 e. The predicted octanol–water partition coefficient (Wildman–Crippen LogP) is 7.15. The van der Waals surface area contributed by atoms with E-state index in [1.165, 1.54) is 12.3 Å². The minimum Gasteiger partial charge on any atom is -0.497 e. The third-order valence-electron chi connectivity index (χ3n) is 5.67. The maximum atomic E-state index is 13.1. The number of nitrogens with zero attached hydrogens (tertiary/aromatic N) is 3. The van der Waals surface area contributed by atoms with Gasteiger partial charge >= 0.3 is 12.2 Å². The maximum Gasteiger partial charge on any atom is 0.417 e. The van der Waals surface area contributed by atoms with Gasteiger partial charge in [-0.3, -0.25) is 0 Å². The van der Waals surface area contributed by atoms with E-state index in [0.717, 1.165) is 23.4 Å². The van der Waals surface area contributed by atoms with Crippen molar-refractivity contribution in [3.05, 3.63) is 82.8 Å². The first-order valence-corrected chi connectivity index (χ1v) is 12.6. The number of aromatic nitrogens is 3. The number of carbonyl (C=O) groups excluding carboxylic acids is 1. The number of nitrogens with one attached hydrogen (secondary N) is 2. The maximum absolute atomic E-state index is 13.1. The number of hydrogen-bond donors (Lipinski definition) is 2. The first-order chi connectivity index (χ1) is 19.6. The van der Waals surface area contributed by atoms with E-state index in [9.17, 15) is 18.0 Å². The van der Waals surface area contributed by atoms with Gasteiger partial charge in [-0.15, -0.1) is 0 Å². The lowest BCUT2D eigenvalue weighted by atomic mass is 10.2. The summed E-state index contributed by atoms with van der Waals surface area (Å²) in [5.41, 5.74) is 0.993. The summed E-state index contributed by atoms with van der Waals surface area (Å²) in [5, 5.41) is 4.41. The van der Waals surface area contributed by atoms with E-state index >= 15 is 0 Å². The summed E-state index contributed by atoms with van der Waals surface area (Å²) in [4.78, 5) is 25.6. The van der Waals surface area contributed by atoms with Crippen LogP contribution in [0.5, 0.6) is 17.4 Å². The Morgan fingerprint density at radius 1 is 1.00 bits per heavy atom. The van der Waals surface area contributed by atoms with Crippen LogP contribution in [0.1, 0.15) is 23.7 Å². The molecule has 214 valence electrons. The SMILES string of the molecule is CCOc1cc(-c2ncc(NC(=O)Nc3ccc(Cl)c(C(F)(F)F)c3)c(C)n2)cnc1OCc1ccc(OC)cc1. The molecule has 0 aliphatic carbocycles. The Morgan fingerprint density at radius 2 is 1.76 bits per heavy atom. The number of methoxy groups -OCH3 is 1. The Kier molecular flexibility index (Phi) is 9.13. The van der Waals surface area contributed by atoms with E-state index in [0.29, 0.717) is 35.3 Å². The molecule has 0 atom stereocenters. The molecule has 0 unspecified atom stereocenters. The molecule has 2 aromatic carbocycles. The molecule has 13 heteroatoms. The van der Waals surface area contributed by atoms with Gasteiger partial charge in [-0.05, 0) is 55.8 Å². The molecular weight excluding hydrogens is 563 g/mol. The highest BCUT2D eigenvalue weighted by molar-refractivity contribution is 6.31. The fourth-order valence-corrected chi connectivity index (χ4v) is 3.85. The van der Waals surface area contributed by atoms with Crippen molar-refractivity contribution in [2.45, 2.75) is 26.6 Å². The van der Waals surface area contributed by atoms with Crippen LogP contribution in [-0.4, -0.2) is 34.7 Å². The zero-order valence-electron chi connectivity index (χ0n) is 22.2. The average molecular weight is 588 g/mol. The molecule has 9 nitrogen and oxygen atoms in total. The van der Waals surface area contributed by atoms with E-state index in [2.05, 4.69) is 25.6 Å². The van der Waals surface area contributed by atoms with Crippen molar-refractivity contribution < 1.29 is 32.2 Å². The van der Waals surface area contributed by atoms with Crippen LogP contribution >= 0.6 is 11.6 Å². The number of benzene rings is 2. The normalized spacial score (nSPS) is 11.1. The van der Waals surface area contributed by atoms with Crippen LogP contribution in [0.25, 0.3) is 11.4 Å². The van der Waals surface area contributed by atoms with E-state index in [1.54, 1.807) is 26.3 Å². The Balaban J connectivity index is 1.45. The van der Waals surface area contributed by atoms with E-state index in [-0.39, 0.29) is 18.0 Å². The summed E-state index contributed by atoms with van der Waals surface area (Å²) in [6.45, 7) is 4.12. The van der Waals surface area contributed by atoms with Crippen molar-refractivity contribution in [3.63, 3.8) is 0 Å². The van der Waals surface area contributed by atoms with Gasteiger partial charge in [0.2, 0.25) is 0 Å². The monoisotopic (exact) mass is 587 g/mol. The Labute approximate surface area is 238 Å². The lowest BCUT2D eigenvalue weighted by Gasteiger charge is -2.14. The second kappa shape index (κ2) is 12.7. The fourth-order valence-electron chi connectivity index (χ4n) is 3.63. The lowest BCUT2D eigenvalue weighted by molar-refractivity contribution is -0.137. The van der Waals surface area contributed by atoms with Crippen molar-refractivity contribution in [1.82, 2.24) is 15.0 Å². The lowest BCUT2D eigenvalue weighted by Crippen LogP contribution is -2.21. The molecule has 4 aromatic rings. The summed E-state index contributed by atoms with van der Waals surface area (Å²) >= 11 is 5.63. The molecule has 41 heavy (non-hydrogen) atoms. The Morgan fingerprint density at radius 3 is 2.41 bits per heavy atom. The highest BCUT2D eigenvalue weighted by Gasteiger charge is 2.33. The summed E-state index contributed by atoms with van der Waals surface area (Å²) in [5.74, 6) is 1.76. The second-order valence-electron chi connectivity index (χ2n) is 8.56. The van der Waals surface area contributed by atoms with Crippen molar-refractivity contribution in [2.75, 3.05) is 24.4 Å². The third kappa shape index (κ3) is 7.54. The molecule has 0 aliphatic rings. The molecular formula is C28H25ClF3N5O4. The number of pyridine rings is 1. The molecule has 4 rings (SSSR count). The minimum atomic E-state index is -4.66. The molecule has 0 saturated carbocycles. The molecule has 2 amide bonds. The number of halogens is 4. The van der Waals surface area contributed by atoms with Gasteiger partial charge in [0.15, 0.2) is 11.6 Å². The zero-order valence-corrected chi connectivity index (χ0v) is 22.9. The van der Waals surface area contributed by atoms with Gasteiger partial charge < -0.3 is 24.8 Å². The number of hydrogen-bond acceptors (Lipinski definition) is 7. The van der Waals surface area contributed by atoms with Crippen molar-refractivity contribution in [1.29, 1.82) is 0 Å². The number of anilines is 2. The smallest absolute Gasteiger partial charge is 0.417 e. The van der Waals surface area contributed by atoms with Crippen LogP contribution in [0.3, 0.4) is 0 Å². The third-order valence-corrected chi connectivity index (χ3v) is 6.00. The number of ether oxygens (including phenoxy) is 3. The molecule has 2 aromatic heterocycles. The first-order valence-electron chi connectivity index (χ1n) is 12.2. The van der Waals surface area contributed by atoms with Crippen LogP contribution in [0.15, 0.2) is 60.9 Å². The van der Waals surface area contributed by atoms with Crippen LogP contribution in [0.2, 0.25) is 5.02 Å². The van der Waals surface area contributed by atoms with Gasteiger partial charge in [-0.25, -0.2) is 19.7 Å². The molecule has 0 fully saturated rings. The Hall–Kier alpha value is -4.58. The summed E-state index contributed by atoms with van der Waals surface area (Å²) in [6, 6.07) is 11.4. The van der Waals surface area contributed by atoms with Gasteiger partial charge in [-0.2, -0.15) is 13.2 Å². The number of amides is 2. The van der Waals surface area contributed by atoms with Gasteiger partial charge in [0.05, 0.1) is 41.9 Å². The van der Waals surface area contributed by atoms with E-state index < -0.39 is 22.8 Å². The van der Waals surface area contributed by atoms with E-state index in [1.807, 2.05) is 31.2 Å². The van der Waals surface area contributed by atoms with Crippen molar-refractivity contribution in [2.24, 2.45) is 0 Å². The molecule has 0 radical (unpaired) electrons. The fraction of sp³-hybridized carbons (Fsp3) is 0.214. The molecule has 2 heterocycles. The van der Waals surface area contributed by atoms with Gasteiger partial charge in [0.25, 0.3) is 5.88 Å². The number of rotatable bonds is 9. The number of urea groups is 1. The average Bonchev–Trinajstić information content (AvgIpc) is 2.94. The minimum absolute atomic E-state index is 0.0850. The summed E-state index contributed by atoms with van der Waals surface area (Å²) < 4.78 is 56.1. The molecule has 0 saturated heterocycles. The van der Waals surface area contributed by atoms with Crippen molar-refractivity contribution >= 4 is 29.0 Å². The quantitative estimate of drug-likeness (QED) is 0.214. The summed E-state index contributed by atoms with van der Waals surface area (Å²) in [6.07, 6.45) is -1.74. The highest BCUT2D eigenvalue weighted by atomic mass is 35.5. The van der Waals surface area contributed by atoms with Gasteiger partial charge in [0.1, 0.15) is 12.4 Å². The van der Waals surface area contributed by atoms with Crippen molar-refractivity contribution in [3.8, 4) is 28.8 Å². The topological polar surface area (TPSA) is 107 Å². The van der Waals surface area contributed by atoms with Crippen LogP contribution in [0.4, 0.5) is 29.3 Å². The number of aryl methyl sites for hydroxylation is 1. The van der Waals surface area contributed by atoms with Gasteiger partial charge in [0, 0.05) is 17.4 Å². The summed E-state index contributed by atoms with van der Waals surface area (Å²) in [7, 11) is 1.60. The zero-order chi connectivity index (χ0) is 29.6. The molecule has 0 bridgehead atoms. The van der Waals surface area contributed by atoms with Crippen LogP contribution < -0.4 is 24.8 Å².